The van der Waals surface area contributed by atoms with Crippen molar-refractivity contribution in [2.75, 3.05) is 6.61 Å². The average molecular weight is 352 g/mol. The number of ketones is 1. The number of aliphatic carboxylic acids is 1. The molecule has 114 valence electrons. The SMILES string of the molecule is CCC1(Cl)C(=O)c2c(cc(OCC(=O)O)c(Cl)c2Cl)C1C. The molecule has 0 saturated heterocycles. The zero-order chi connectivity index (χ0) is 15.9. The second-order valence-electron chi connectivity index (χ2n) is 4.92. The van der Waals surface area contributed by atoms with Crippen molar-refractivity contribution in [1.82, 2.24) is 0 Å². The van der Waals surface area contributed by atoms with Crippen molar-refractivity contribution in [2.24, 2.45) is 0 Å². The number of halogens is 3. The third kappa shape index (κ3) is 2.50. The number of Topliss-reactive ketones (excluding diaryl/α,β-unsaturated/α-hetero) is 1. The Bertz CT molecular complexity index is 629. The molecule has 4 nitrogen and oxygen atoms in total. The van der Waals surface area contributed by atoms with Gasteiger partial charge in [-0.1, -0.05) is 37.0 Å². The third-order valence-corrected chi connectivity index (χ3v) is 5.44. The zero-order valence-corrected chi connectivity index (χ0v) is 13.6. The minimum Gasteiger partial charge on any atom is -0.480 e. The van der Waals surface area contributed by atoms with Gasteiger partial charge in [0.1, 0.15) is 15.6 Å². The van der Waals surface area contributed by atoms with Gasteiger partial charge in [-0.3, -0.25) is 4.79 Å². The standard InChI is InChI=1S/C14H13Cl3O4/c1-3-14(17)6(2)7-4-8(21-5-9(18)19)11(15)12(16)10(7)13(14)20/h4,6H,3,5H2,1-2H3,(H,18,19). The number of fused-ring (bicyclic) bond motifs is 1. The van der Waals surface area contributed by atoms with Crippen LogP contribution in [0.15, 0.2) is 6.07 Å². The molecule has 7 heteroatoms. The highest BCUT2D eigenvalue weighted by molar-refractivity contribution is 6.48. The van der Waals surface area contributed by atoms with Gasteiger partial charge in [-0.25, -0.2) is 4.79 Å². The van der Waals surface area contributed by atoms with Gasteiger partial charge in [0.05, 0.1) is 5.02 Å². The van der Waals surface area contributed by atoms with E-state index in [2.05, 4.69) is 0 Å². The number of carboxylic acids is 1. The number of alkyl halides is 1. The van der Waals surface area contributed by atoms with Crippen LogP contribution in [0.4, 0.5) is 0 Å². The van der Waals surface area contributed by atoms with Crippen molar-refractivity contribution in [3.8, 4) is 5.75 Å². The van der Waals surface area contributed by atoms with Gasteiger partial charge in [0.2, 0.25) is 0 Å². The molecule has 0 bridgehead atoms. The topological polar surface area (TPSA) is 63.6 Å². The Balaban J connectivity index is 2.55. The minimum atomic E-state index is -1.13. The lowest BCUT2D eigenvalue weighted by atomic mass is 9.91. The number of hydrogen-bond acceptors (Lipinski definition) is 3. The van der Waals surface area contributed by atoms with Crippen molar-refractivity contribution in [3.63, 3.8) is 0 Å². The summed E-state index contributed by atoms with van der Waals surface area (Å²) in [6.07, 6.45) is 0.447. The van der Waals surface area contributed by atoms with Gasteiger partial charge < -0.3 is 9.84 Å². The van der Waals surface area contributed by atoms with E-state index in [0.717, 1.165) is 0 Å². The van der Waals surface area contributed by atoms with E-state index >= 15 is 0 Å². The quantitative estimate of drug-likeness (QED) is 0.828. The lowest BCUT2D eigenvalue weighted by Gasteiger charge is -2.23. The molecule has 0 heterocycles. The summed E-state index contributed by atoms with van der Waals surface area (Å²) in [5, 5.41) is 8.75. The summed E-state index contributed by atoms with van der Waals surface area (Å²) in [5.74, 6) is -1.52. The fraction of sp³-hybridized carbons (Fsp3) is 0.429. The molecule has 2 rings (SSSR count). The van der Waals surface area contributed by atoms with Crippen LogP contribution in [0.5, 0.6) is 5.75 Å². The second kappa shape index (κ2) is 5.67. The maximum absolute atomic E-state index is 12.5. The Kier molecular flexibility index (Phi) is 4.43. The van der Waals surface area contributed by atoms with Crippen molar-refractivity contribution < 1.29 is 19.4 Å². The van der Waals surface area contributed by atoms with Gasteiger partial charge >= 0.3 is 5.97 Å². The van der Waals surface area contributed by atoms with Crippen LogP contribution >= 0.6 is 34.8 Å². The Hall–Kier alpha value is -0.970. The van der Waals surface area contributed by atoms with E-state index in [1.807, 2.05) is 13.8 Å². The lowest BCUT2D eigenvalue weighted by Crippen LogP contribution is -2.30. The summed E-state index contributed by atoms with van der Waals surface area (Å²) in [4.78, 5) is 22.0. The van der Waals surface area contributed by atoms with Crippen LogP contribution in [0.2, 0.25) is 10.0 Å². The first kappa shape index (κ1) is 16.4. The first-order chi connectivity index (χ1) is 9.74. The van der Waals surface area contributed by atoms with E-state index in [1.165, 1.54) is 0 Å². The second-order valence-corrected chi connectivity index (χ2v) is 6.35. The molecule has 2 unspecified atom stereocenters. The maximum Gasteiger partial charge on any atom is 0.341 e. The molecule has 21 heavy (non-hydrogen) atoms. The molecule has 1 N–H and O–H groups in total. The largest absolute Gasteiger partial charge is 0.480 e. The zero-order valence-electron chi connectivity index (χ0n) is 11.4. The first-order valence-electron chi connectivity index (χ1n) is 6.34. The predicted molar refractivity (Wildman–Crippen MR) is 81.2 cm³/mol. The summed E-state index contributed by atoms with van der Waals surface area (Å²) >= 11 is 18.7. The molecule has 0 saturated carbocycles. The number of hydrogen-bond donors (Lipinski definition) is 1. The van der Waals surface area contributed by atoms with E-state index in [9.17, 15) is 9.59 Å². The molecule has 1 aliphatic carbocycles. The molecular weight excluding hydrogens is 339 g/mol. The molecule has 0 aromatic heterocycles. The van der Waals surface area contributed by atoms with E-state index in [4.69, 9.17) is 44.6 Å². The number of carbonyl (C=O) groups is 2. The van der Waals surface area contributed by atoms with Crippen LogP contribution in [0.25, 0.3) is 0 Å². The Morgan fingerprint density at radius 1 is 1.43 bits per heavy atom. The van der Waals surface area contributed by atoms with Crippen LogP contribution in [-0.2, 0) is 4.79 Å². The molecule has 2 atom stereocenters. The van der Waals surface area contributed by atoms with E-state index in [-0.39, 0.29) is 27.5 Å². The molecule has 0 fully saturated rings. The summed E-state index contributed by atoms with van der Waals surface area (Å²) in [6, 6.07) is 1.55. The average Bonchev–Trinajstić information content (AvgIpc) is 2.63. The normalized spacial score (nSPS) is 24.0. The molecule has 1 aromatic carbocycles. The molecule has 0 spiro atoms. The molecule has 1 aromatic rings. The Morgan fingerprint density at radius 2 is 2.05 bits per heavy atom. The summed E-state index contributed by atoms with van der Waals surface area (Å²) in [7, 11) is 0. The van der Waals surface area contributed by atoms with Crippen molar-refractivity contribution >= 4 is 46.6 Å². The van der Waals surface area contributed by atoms with Gasteiger partial charge in [0.15, 0.2) is 12.4 Å². The molecule has 0 aliphatic heterocycles. The first-order valence-corrected chi connectivity index (χ1v) is 7.47. The van der Waals surface area contributed by atoms with E-state index in [0.29, 0.717) is 17.5 Å². The smallest absolute Gasteiger partial charge is 0.341 e. The van der Waals surface area contributed by atoms with E-state index < -0.39 is 17.5 Å². The van der Waals surface area contributed by atoms with Crippen LogP contribution in [0, 0.1) is 0 Å². The highest BCUT2D eigenvalue weighted by Crippen LogP contribution is 2.52. The van der Waals surface area contributed by atoms with Gasteiger partial charge in [-0.2, -0.15) is 0 Å². The molecule has 0 radical (unpaired) electrons. The lowest BCUT2D eigenvalue weighted by molar-refractivity contribution is -0.139. The highest BCUT2D eigenvalue weighted by Gasteiger charge is 2.50. The van der Waals surface area contributed by atoms with Crippen molar-refractivity contribution in [1.29, 1.82) is 0 Å². The van der Waals surface area contributed by atoms with Crippen molar-refractivity contribution in [2.45, 2.75) is 31.1 Å². The van der Waals surface area contributed by atoms with Gasteiger partial charge in [-0.15, -0.1) is 11.6 Å². The number of benzene rings is 1. The monoisotopic (exact) mass is 350 g/mol. The molecule has 0 amide bonds. The summed E-state index contributed by atoms with van der Waals surface area (Å²) in [5.41, 5.74) is 0.931. The Labute approximate surface area is 136 Å². The number of ether oxygens (including phenoxy) is 1. The fourth-order valence-corrected chi connectivity index (χ4v) is 3.26. The minimum absolute atomic E-state index is 0.0224. The number of carboxylic acid groups (broad SMARTS) is 1. The highest BCUT2D eigenvalue weighted by atomic mass is 35.5. The molecule has 1 aliphatic rings. The van der Waals surface area contributed by atoms with Crippen LogP contribution in [0.3, 0.4) is 0 Å². The summed E-state index contributed by atoms with van der Waals surface area (Å²) in [6.45, 7) is 3.10. The van der Waals surface area contributed by atoms with Gasteiger partial charge in [0, 0.05) is 11.5 Å². The third-order valence-electron chi connectivity index (χ3n) is 3.83. The predicted octanol–water partition coefficient (Wildman–Crippen LogP) is 4.14. The van der Waals surface area contributed by atoms with Gasteiger partial charge in [-0.05, 0) is 18.1 Å². The maximum atomic E-state index is 12.5. The number of carbonyl (C=O) groups excluding carboxylic acids is 1. The van der Waals surface area contributed by atoms with Crippen LogP contribution < -0.4 is 4.74 Å². The van der Waals surface area contributed by atoms with Gasteiger partial charge in [0.25, 0.3) is 0 Å². The van der Waals surface area contributed by atoms with Crippen molar-refractivity contribution in [3.05, 3.63) is 27.2 Å². The fourth-order valence-electron chi connectivity index (χ4n) is 2.56. The number of rotatable bonds is 4. The Morgan fingerprint density at radius 3 is 2.57 bits per heavy atom. The molecular formula is C14H13Cl3O4. The van der Waals surface area contributed by atoms with E-state index in [1.54, 1.807) is 6.07 Å². The summed E-state index contributed by atoms with van der Waals surface area (Å²) < 4.78 is 5.12. The van der Waals surface area contributed by atoms with Crippen LogP contribution in [0.1, 0.15) is 42.1 Å². The van der Waals surface area contributed by atoms with Crippen LogP contribution in [-0.4, -0.2) is 28.3 Å².